The van der Waals surface area contributed by atoms with Gasteiger partial charge in [0.15, 0.2) is 0 Å². The molecule has 1 nitrogen and oxygen atoms in total. The van der Waals surface area contributed by atoms with E-state index in [-0.39, 0.29) is 0 Å². The van der Waals surface area contributed by atoms with Crippen molar-refractivity contribution < 1.29 is 0 Å². The fourth-order valence-electron chi connectivity index (χ4n) is 1.18. The molecular weight excluding hydrogens is 134 g/mol. The molecule has 0 amide bonds. The average Bonchev–Trinajstić information content (AvgIpc) is 2.03. The van der Waals surface area contributed by atoms with Gasteiger partial charge in [-0.3, -0.25) is 0 Å². The predicted molar refractivity (Wildman–Crippen MR) is 51.8 cm³/mol. The molecule has 0 heterocycles. The van der Waals surface area contributed by atoms with E-state index >= 15 is 0 Å². The van der Waals surface area contributed by atoms with E-state index in [0.717, 1.165) is 6.54 Å². The van der Waals surface area contributed by atoms with E-state index in [1.165, 1.54) is 25.7 Å². The fraction of sp³-hybridized carbons (Fsp3) is 0.800. The second-order valence-electron chi connectivity index (χ2n) is 2.90. The summed E-state index contributed by atoms with van der Waals surface area (Å²) in [5.74, 6) is 0. The summed E-state index contributed by atoms with van der Waals surface area (Å²) in [6.07, 6.45) is 7.22. The van der Waals surface area contributed by atoms with E-state index in [2.05, 4.69) is 25.7 Å². The van der Waals surface area contributed by atoms with Gasteiger partial charge in [-0.1, -0.05) is 39.2 Å². The van der Waals surface area contributed by atoms with Crippen molar-refractivity contribution in [1.82, 2.24) is 5.32 Å². The van der Waals surface area contributed by atoms with Gasteiger partial charge in [-0.2, -0.15) is 0 Å². The molecule has 0 radical (unpaired) electrons. The summed E-state index contributed by atoms with van der Waals surface area (Å²) in [4.78, 5) is 0. The first-order valence-corrected chi connectivity index (χ1v) is 4.71. The van der Waals surface area contributed by atoms with Crippen LogP contribution in [0.2, 0.25) is 0 Å². The van der Waals surface area contributed by atoms with E-state index in [4.69, 9.17) is 0 Å². The number of hydrogen-bond donors (Lipinski definition) is 1. The summed E-state index contributed by atoms with van der Waals surface area (Å²) in [5.41, 5.74) is 0. The van der Waals surface area contributed by atoms with E-state index in [0.29, 0.717) is 6.04 Å². The molecular formula is C10H21N. The van der Waals surface area contributed by atoms with Gasteiger partial charge in [0.25, 0.3) is 0 Å². The lowest BCUT2D eigenvalue weighted by Gasteiger charge is -2.11. The average molecular weight is 155 g/mol. The lowest BCUT2D eigenvalue weighted by molar-refractivity contribution is 0.537. The van der Waals surface area contributed by atoms with Gasteiger partial charge < -0.3 is 5.32 Å². The van der Waals surface area contributed by atoms with Crippen LogP contribution in [0.5, 0.6) is 0 Å². The van der Waals surface area contributed by atoms with Crippen molar-refractivity contribution in [3.8, 4) is 0 Å². The smallest absolute Gasteiger partial charge is 0.0247 e. The number of likely N-dealkylation sites (N-methyl/N-ethyl adjacent to an activating group) is 1. The van der Waals surface area contributed by atoms with Crippen molar-refractivity contribution in [3.63, 3.8) is 0 Å². The molecule has 0 aliphatic heterocycles. The summed E-state index contributed by atoms with van der Waals surface area (Å²) in [6, 6.07) is 0.534. The molecule has 0 aromatic rings. The molecule has 11 heavy (non-hydrogen) atoms. The molecule has 0 saturated carbocycles. The molecule has 0 aromatic carbocycles. The highest BCUT2D eigenvalue weighted by molar-refractivity contribution is 4.84. The molecule has 0 fully saturated rings. The summed E-state index contributed by atoms with van der Waals surface area (Å²) in [5, 5.41) is 3.37. The van der Waals surface area contributed by atoms with Gasteiger partial charge in [0, 0.05) is 6.04 Å². The van der Waals surface area contributed by atoms with Gasteiger partial charge in [-0.15, -0.1) is 6.58 Å². The first-order valence-electron chi connectivity index (χ1n) is 4.71. The topological polar surface area (TPSA) is 12.0 Å². The first kappa shape index (κ1) is 10.7. The lowest BCUT2D eigenvalue weighted by atomic mass is 10.1. The maximum atomic E-state index is 3.80. The molecule has 1 heteroatoms. The van der Waals surface area contributed by atoms with Crippen LogP contribution in [0.4, 0.5) is 0 Å². The second kappa shape index (κ2) is 7.80. The van der Waals surface area contributed by atoms with Crippen LogP contribution in [0.3, 0.4) is 0 Å². The van der Waals surface area contributed by atoms with E-state index < -0.39 is 0 Å². The van der Waals surface area contributed by atoms with Crippen LogP contribution < -0.4 is 5.32 Å². The van der Waals surface area contributed by atoms with E-state index in [1.54, 1.807) is 0 Å². The minimum Gasteiger partial charge on any atom is -0.311 e. The van der Waals surface area contributed by atoms with Crippen LogP contribution in [0.15, 0.2) is 12.7 Å². The van der Waals surface area contributed by atoms with Crippen LogP contribution in [-0.2, 0) is 0 Å². The fourth-order valence-corrected chi connectivity index (χ4v) is 1.18. The highest BCUT2D eigenvalue weighted by Gasteiger charge is 1.99. The maximum absolute atomic E-state index is 3.80. The highest BCUT2D eigenvalue weighted by Crippen LogP contribution is 2.03. The summed E-state index contributed by atoms with van der Waals surface area (Å²) in [6.45, 7) is 9.21. The van der Waals surface area contributed by atoms with Crippen LogP contribution in [0, 0.1) is 0 Å². The van der Waals surface area contributed by atoms with Crippen molar-refractivity contribution in [3.05, 3.63) is 12.7 Å². The normalized spacial score (nSPS) is 12.9. The van der Waals surface area contributed by atoms with Crippen molar-refractivity contribution in [2.45, 2.75) is 45.6 Å². The van der Waals surface area contributed by atoms with Crippen LogP contribution >= 0.6 is 0 Å². The molecule has 0 aliphatic carbocycles. The molecule has 0 bridgehead atoms. The predicted octanol–water partition coefficient (Wildman–Crippen LogP) is 2.73. The third kappa shape index (κ3) is 6.11. The minimum absolute atomic E-state index is 0.534. The molecule has 0 rings (SSSR count). The Hall–Kier alpha value is -0.300. The second-order valence-corrected chi connectivity index (χ2v) is 2.90. The van der Waals surface area contributed by atoms with Crippen LogP contribution in [-0.4, -0.2) is 12.6 Å². The molecule has 0 spiro atoms. The Balaban J connectivity index is 3.28. The van der Waals surface area contributed by atoms with Gasteiger partial charge in [-0.05, 0) is 13.0 Å². The van der Waals surface area contributed by atoms with Gasteiger partial charge in [0.2, 0.25) is 0 Å². The van der Waals surface area contributed by atoms with Crippen LogP contribution in [0.1, 0.15) is 39.5 Å². The Kier molecular flexibility index (Phi) is 7.59. The third-order valence-corrected chi connectivity index (χ3v) is 1.87. The Morgan fingerprint density at radius 3 is 2.55 bits per heavy atom. The first-order chi connectivity index (χ1) is 5.35. The summed E-state index contributed by atoms with van der Waals surface area (Å²) >= 11 is 0. The Morgan fingerprint density at radius 1 is 1.36 bits per heavy atom. The Morgan fingerprint density at radius 2 is 2.09 bits per heavy atom. The van der Waals surface area contributed by atoms with Gasteiger partial charge in [0.1, 0.15) is 0 Å². The minimum atomic E-state index is 0.534. The molecule has 0 saturated heterocycles. The molecule has 66 valence electrons. The Labute approximate surface area is 70.9 Å². The zero-order valence-corrected chi connectivity index (χ0v) is 7.90. The molecule has 0 aliphatic rings. The zero-order valence-electron chi connectivity index (χ0n) is 7.90. The molecule has 1 atom stereocenters. The van der Waals surface area contributed by atoms with Gasteiger partial charge >= 0.3 is 0 Å². The number of rotatable bonds is 7. The zero-order chi connectivity index (χ0) is 8.53. The number of unbranched alkanes of at least 4 members (excludes halogenated alkanes) is 2. The van der Waals surface area contributed by atoms with Crippen molar-refractivity contribution in [2.24, 2.45) is 0 Å². The van der Waals surface area contributed by atoms with Gasteiger partial charge in [0.05, 0.1) is 0 Å². The quantitative estimate of drug-likeness (QED) is 0.440. The molecule has 0 aromatic heterocycles. The monoisotopic (exact) mass is 155 g/mol. The standard InChI is InChI=1S/C10H21N/c1-4-7-8-9-10(5-2)11-6-3/h5,10-11H,2,4,6-9H2,1,3H3. The number of nitrogens with one attached hydrogen (secondary N) is 1. The maximum Gasteiger partial charge on any atom is 0.0247 e. The lowest BCUT2D eigenvalue weighted by Crippen LogP contribution is -2.26. The van der Waals surface area contributed by atoms with Gasteiger partial charge in [-0.25, -0.2) is 0 Å². The van der Waals surface area contributed by atoms with Crippen molar-refractivity contribution in [1.29, 1.82) is 0 Å². The Bertz CT molecular complexity index is 88.9. The highest BCUT2D eigenvalue weighted by atomic mass is 14.9. The van der Waals surface area contributed by atoms with E-state index in [9.17, 15) is 0 Å². The molecule has 1 N–H and O–H groups in total. The largest absolute Gasteiger partial charge is 0.311 e. The van der Waals surface area contributed by atoms with E-state index in [1.807, 2.05) is 6.08 Å². The number of hydrogen-bond acceptors (Lipinski definition) is 1. The summed E-state index contributed by atoms with van der Waals surface area (Å²) in [7, 11) is 0. The summed E-state index contributed by atoms with van der Waals surface area (Å²) < 4.78 is 0. The third-order valence-electron chi connectivity index (χ3n) is 1.87. The molecule has 1 unspecified atom stereocenters. The van der Waals surface area contributed by atoms with Crippen molar-refractivity contribution >= 4 is 0 Å². The van der Waals surface area contributed by atoms with Crippen molar-refractivity contribution in [2.75, 3.05) is 6.54 Å². The van der Waals surface area contributed by atoms with Crippen LogP contribution in [0.25, 0.3) is 0 Å². The SMILES string of the molecule is C=CC(CCCCC)NCC.